The van der Waals surface area contributed by atoms with E-state index in [0.717, 1.165) is 5.69 Å². The molecule has 0 aliphatic carbocycles. The Balaban J connectivity index is 2.13. The van der Waals surface area contributed by atoms with Crippen LogP contribution in [0.25, 0.3) is 0 Å². The highest BCUT2D eigenvalue weighted by Crippen LogP contribution is 2.33. The molecule has 0 unspecified atom stereocenters. The van der Waals surface area contributed by atoms with E-state index in [0.29, 0.717) is 24.3 Å². The molecule has 0 spiro atoms. The summed E-state index contributed by atoms with van der Waals surface area (Å²) >= 11 is 0. The van der Waals surface area contributed by atoms with Gasteiger partial charge in [0.15, 0.2) is 0 Å². The number of fused-ring (bicyclic) bond motifs is 1. The lowest BCUT2D eigenvalue weighted by Crippen LogP contribution is -2.29. The van der Waals surface area contributed by atoms with E-state index >= 15 is 0 Å². The predicted molar refractivity (Wildman–Crippen MR) is 79.6 cm³/mol. The number of hydrogen-bond acceptors (Lipinski definition) is 4. The zero-order valence-corrected chi connectivity index (χ0v) is 13.0. The molecule has 0 saturated heterocycles. The first-order chi connectivity index (χ1) is 10.3. The molecule has 2 aromatic heterocycles. The summed E-state index contributed by atoms with van der Waals surface area (Å²) in [5, 5.41) is 9.15. The normalized spacial score (nSPS) is 14.2. The Morgan fingerprint density at radius 3 is 2.77 bits per heavy atom. The van der Waals surface area contributed by atoms with Crippen molar-refractivity contribution in [2.45, 2.75) is 18.2 Å². The van der Waals surface area contributed by atoms with E-state index in [1.807, 2.05) is 0 Å². The number of anilines is 1. The van der Waals surface area contributed by atoms with Crippen LogP contribution in [0.4, 0.5) is 5.69 Å². The van der Waals surface area contributed by atoms with Crippen molar-refractivity contribution in [3.8, 4) is 0 Å². The average molecular weight is 321 g/mol. The Kier molecular flexibility index (Phi) is 3.21. The largest absolute Gasteiger partial charge is 0.477 e. The zero-order chi connectivity index (χ0) is 16.1. The Labute approximate surface area is 127 Å². The van der Waals surface area contributed by atoms with E-state index in [-0.39, 0.29) is 10.6 Å². The summed E-state index contributed by atoms with van der Waals surface area (Å²) in [6.07, 6.45) is 2.18. The Morgan fingerprint density at radius 1 is 1.41 bits per heavy atom. The first-order valence-corrected chi connectivity index (χ1v) is 8.14. The number of rotatable bonds is 3. The van der Waals surface area contributed by atoms with Gasteiger partial charge >= 0.3 is 5.97 Å². The lowest BCUT2D eigenvalue weighted by molar-refractivity contribution is 0.0686. The van der Waals surface area contributed by atoms with Crippen LogP contribution in [0.2, 0.25) is 0 Å². The molecule has 0 amide bonds. The molecule has 1 aliphatic heterocycles. The van der Waals surface area contributed by atoms with E-state index in [1.54, 1.807) is 25.3 Å². The number of sulfonamides is 1. The lowest BCUT2D eigenvalue weighted by Gasteiger charge is -2.19. The second kappa shape index (κ2) is 4.84. The fraction of sp³-hybridized carbons (Fsp3) is 0.286. The van der Waals surface area contributed by atoms with Crippen molar-refractivity contribution in [1.82, 2.24) is 9.55 Å². The van der Waals surface area contributed by atoms with Gasteiger partial charge in [0.25, 0.3) is 10.0 Å². The van der Waals surface area contributed by atoms with Gasteiger partial charge < -0.3 is 9.67 Å². The number of pyridine rings is 1. The molecule has 0 fully saturated rings. The van der Waals surface area contributed by atoms with E-state index in [1.165, 1.54) is 22.0 Å². The third-order valence-corrected chi connectivity index (χ3v) is 5.89. The Hall–Kier alpha value is -2.35. The van der Waals surface area contributed by atoms with Crippen LogP contribution < -0.4 is 4.31 Å². The van der Waals surface area contributed by atoms with Gasteiger partial charge in [0, 0.05) is 31.9 Å². The topological polar surface area (TPSA) is 92.5 Å². The quantitative estimate of drug-likeness (QED) is 0.916. The molecule has 1 N–H and O–H groups in total. The maximum absolute atomic E-state index is 12.9. The van der Waals surface area contributed by atoms with Gasteiger partial charge in [0.1, 0.15) is 10.6 Å². The molecule has 7 nitrogen and oxygen atoms in total. The van der Waals surface area contributed by atoms with Gasteiger partial charge in [-0.25, -0.2) is 13.2 Å². The van der Waals surface area contributed by atoms with Crippen LogP contribution in [-0.2, 0) is 23.5 Å². The van der Waals surface area contributed by atoms with Crippen molar-refractivity contribution < 1.29 is 18.3 Å². The molecule has 0 atom stereocenters. The van der Waals surface area contributed by atoms with E-state index < -0.39 is 16.0 Å². The predicted octanol–water partition coefficient (Wildman–Crippen LogP) is 1.18. The van der Waals surface area contributed by atoms with Crippen LogP contribution >= 0.6 is 0 Å². The van der Waals surface area contributed by atoms with Gasteiger partial charge in [-0.05, 0) is 25.1 Å². The molecule has 0 aromatic carbocycles. The molecule has 116 valence electrons. The molecule has 0 bridgehead atoms. The van der Waals surface area contributed by atoms with Gasteiger partial charge in [-0.3, -0.25) is 9.29 Å². The van der Waals surface area contributed by atoms with Crippen LogP contribution in [-0.4, -0.2) is 35.6 Å². The van der Waals surface area contributed by atoms with Crippen LogP contribution in [0, 0.1) is 6.92 Å². The minimum atomic E-state index is -3.81. The summed E-state index contributed by atoms with van der Waals surface area (Å²) < 4.78 is 28.5. The standard InChI is InChI=1S/C14H15N3O4S/c1-9-13(8-12(14(18)19)16(9)2)22(20,21)17-7-5-10-11(17)4-3-6-15-10/h3-4,6,8H,5,7H2,1-2H3,(H,18,19). The Bertz CT molecular complexity index is 870. The van der Waals surface area contributed by atoms with Gasteiger partial charge in [0.2, 0.25) is 0 Å². The van der Waals surface area contributed by atoms with E-state index in [2.05, 4.69) is 4.98 Å². The summed E-state index contributed by atoms with van der Waals surface area (Å²) in [7, 11) is -2.27. The fourth-order valence-corrected chi connectivity index (χ4v) is 4.45. The highest BCUT2D eigenvalue weighted by atomic mass is 32.2. The van der Waals surface area contributed by atoms with E-state index in [4.69, 9.17) is 5.11 Å². The highest BCUT2D eigenvalue weighted by Gasteiger charge is 2.34. The third-order valence-electron chi connectivity index (χ3n) is 3.96. The monoisotopic (exact) mass is 321 g/mol. The molecule has 8 heteroatoms. The van der Waals surface area contributed by atoms with Crippen molar-refractivity contribution in [1.29, 1.82) is 0 Å². The number of carboxylic acids is 1. The SMILES string of the molecule is Cc1c(S(=O)(=O)N2CCc3ncccc32)cc(C(=O)O)n1C. The summed E-state index contributed by atoms with van der Waals surface area (Å²) in [6.45, 7) is 1.91. The second-order valence-corrected chi connectivity index (χ2v) is 6.97. The van der Waals surface area contributed by atoms with Gasteiger partial charge in [-0.2, -0.15) is 0 Å². The second-order valence-electron chi connectivity index (χ2n) is 5.14. The molecule has 1 aliphatic rings. The van der Waals surface area contributed by atoms with E-state index in [9.17, 15) is 13.2 Å². The highest BCUT2D eigenvalue weighted by molar-refractivity contribution is 7.93. The molecular weight excluding hydrogens is 306 g/mol. The molecule has 0 radical (unpaired) electrons. The minimum absolute atomic E-state index is 0.0177. The summed E-state index contributed by atoms with van der Waals surface area (Å²) in [4.78, 5) is 15.4. The lowest BCUT2D eigenvalue weighted by atomic mass is 10.3. The van der Waals surface area contributed by atoms with Crippen LogP contribution in [0.5, 0.6) is 0 Å². The third kappa shape index (κ3) is 1.98. The maximum atomic E-state index is 12.9. The fourth-order valence-electron chi connectivity index (χ4n) is 2.68. The molecule has 22 heavy (non-hydrogen) atoms. The van der Waals surface area contributed by atoms with Crippen LogP contribution in [0.15, 0.2) is 29.3 Å². The first-order valence-electron chi connectivity index (χ1n) is 6.70. The molecule has 0 saturated carbocycles. The first kappa shape index (κ1) is 14.6. The Morgan fingerprint density at radius 2 is 2.14 bits per heavy atom. The molecule has 2 aromatic rings. The summed E-state index contributed by atoms with van der Waals surface area (Å²) in [6, 6.07) is 4.61. The summed E-state index contributed by atoms with van der Waals surface area (Å²) in [5.74, 6) is -1.16. The van der Waals surface area contributed by atoms with Crippen molar-refractivity contribution >= 4 is 21.7 Å². The molecule has 3 heterocycles. The number of hydrogen-bond donors (Lipinski definition) is 1. The number of aromatic carboxylic acids is 1. The van der Waals surface area contributed by atoms with Crippen molar-refractivity contribution in [3.05, 3.63) is 41.5 Å². The van der Waals surface area contributed by atoms with Gasteiger partial charge in [-0.15, -0.1) is 0 Å². The van der Waals surface area contributed by atoms with Crippen molar-refractivity contribution in [3.63, 3.8) is 0 Å². The van der Waals surface area contributed by atoms with Crippen LogP contribution in [0.1, 0.15) is 21.9 Å². The maximum Gasteiger partial charge on any atom is 0.352 e. The van der Waals surface area contributed by atoms with Crippen molar-refractivity contribution in [2.75, 3.05) is 10.8 Å². The molecule has 3 rings (SSSR count). The van der Waals surface area contributed by atoms with Crippen LogP contribution in [0.3, 0.4) is 0 Å². The number of carboxylic acid groups (broad SMARTS) is 1. The smallest absolute Gasteiger partial charge is 0.352 e. The average Bonchev–Trinajstić information content (AvgIpc) is 3.02. The number of carbonyl (C=O) groups is 1. The summed E-state index contributed by atoms with van der Waals surface area (Å²) in [5.41, 5.74) is 1.64. The van der Waals surface area contributed by atoms with Gasteiger partial charge in [0.05, 0.1) is 11.4 Å². The minimum Gasteiger partial charge on any atom is -0.477 e. The van der Waals surface area contributed by atoms with Gasteiger partial charge in [-0.1, -0.05) is 0 Å². The van der Waals surface area contributed by atoms with Crippen molar-refractivity contribution in [2.24, 2.45) is 7.05 Å². The number of aromatic nitrogens is 2. The number of nitrogens with zero attached hydrogens (tertiary/aromatic N) is 3. The molecular formula is C14H15N3O4S. The zero-order valence-electron chi connectivity index (χ0n) is 12.1.